The van der Waals surface area contributed by atoms with E-state index >= 15 is 0 Å². The summed E-state index contributed by atoms with van der Waals surface area (Å²) in [5.74, 6) is -1.21. The minimum Gasteiger partial charge on any atom is -0.319 e. The highest BCUT2D eigenvalue weighted by Gasteiger charge is 2.17. The van der Waals surface area contributed by atoms with E-state index in [1.54, 1.807) is 12.3 Å². The van der Waals surface area contributed by atoms with E-state index in [0.29, 0.717) is 9.37 Å². The molecule has 0 radical (unpaired) electrons. The summed E-state index contributed by atoms with van der Waals surface area (Å²) in [6.45, 7) is 0. The largest absolute Gasteiger partial charge is 0.319 e. The Morgan fingerprint density at radius 2 is 2.05 bits per heavy atom. The summed E-state index contributed by atoms with van der Waals surface area (Å²) in [5, 5.41) is 13.4. The van der Waals surface area contributed by atoms with Gasteiger partial charge >= 0.3 is 0 Å². The average Bonchev–Trinajstić information content (AvgIpc) is 2.49. The number of thioether (sulfide) groups is 1. The van der Waals surface area contributed by atoms with Gasteiger partial charge < -0.3 is 5.32 Å². The van der Waals surface area contributed by atoms with Crippen LogP contribution in [0.1, 0.15) is 10.4 Å². The maximum atomic E-state index is 13.7. The SMILES string of the molecule is CSc1ccc(C(=O)Nc2ccc(Br)cc2F)cc1[N+](=O)[O-]. The third-order valence-electron chi connectivity index (χ3n) is 2.82. The van der Waals surface area contributed by atoms with E-state index in [1.807, 2.05) is 0 Å². The predicted octanol–water partition coefficient (Wildman–Crippen LogP) is 4.47. The van der Waals surface area contributed by atoms with Crippen molar-refractivity contribution in [2.45, 2.75) is 4.90 Å². The van der Waals surface area contributed by atoms with Gasteiger partial charge in [0.1, 0.15) is 5.82 Å². The molecule has 22 heavy (non-hydrogen) atoms. The summed E-state index contributed by atoms with van der Waals surface area (Å²) in [7, 11) is 0. The number of anilines is 1. The molecule has 2 aromatic carbocycles. The van der Waals surface area contributed by atoms with Crippen LogP contribution in [0.25, 0.3) is 0 Å². The molecule has 0 saturated carbocycles. The van der Waals surface area contributed by atoms with Gasteiger partial charge in [-0.15, -0.1) is 11.8 Å². The highest BCUT2D eigenvalue weighted by molar-refractivity contribution is 9.10. The Morgan fingerprint density at radius 1 is 1.32 bits per heavy atom. The molecule has 0 aliphatic carbocycles. The molecule has 0 unspecified atom stereocenters. The van der Waals surface area contributed by atoms with Crippen LogP contribution >= 0.6 is 27.7 Å². The summed E-state index contributed by atoms with van der Waals surface area (Å²) in [4.78, 5) is 23.0. The molecule has 0 aliphatic rings. The molecule has 0 saturated heterocycles. The first-order valence-corrected chi connectivity index (χ1v) is 8.03. The lowest BCUT2D eigenvalue weighted by atomic mass is 10.2. The van der Waals surface area contributed by atoms with Gasteiger partial charge in [0.2, 0.25) is 0 Å². The minimum atomic E-state index is -0.614. The van der Waals surface area contributed by atoms with E-state index in [2.05, 4.69) is 21.2 Å². The van der Waals surface area contributed by atoms with Crippen molar-refractivity contribution >= 4 is 45.0 Å². The molecule has 2 rings (SSSR count). The lowest BCUT2D eigenvalue weighted by Crippen LogP contribution is -2.13. The molecule has 0 heterocycles. The molecule has 8 heteroatoms. The molecule has 1 amide bonds. The Hall–Kier alpha value is -1.93. The van der Waals surface area contributed by atoms with Gasteiger partial charge in [-0.2, -0.15) is 0 Å². The number of amides is 1. The zero-order valence-electron chi connectivity index (χ0n) is 11.3. The maximum absolute atomic E-state index is 13.7. The molecule has 0 bridgehead atoms. The summed E-state index contributed by atoms with van der Waals surface area (Å²) in [6, 6.07) is 8.34. The summed E-state index contributed by atoms with van der Waals surface area (Å²) in [5.41, 5.74) is -0.0620. The van der Waals surface area contributed by atoms with E-state index in [-0.39, 0.29) is 16.9 Å². The zero-order valence-corrected chi connectivity index (χ0v) is 13.7. The van der Waals surface area contributed by atoms with Crippen molar-refractivity contribution in [3.63, 3.8) is 0 Å². The predicted molar refractivity (Wildman–Crippen MR) is 86.9 cm³/mol. The Morgan fingerprint density at radius 3 is 2.64 bits per heavy atom. The van der Waals surface area contributed by atoms with E-state index in [4.69, 9.17) is 0 Å². The topological polar surface area (TPSA) is 72.2 Å². The third-order valence-corrected chi connectivity index (χ3v) is 4.10. The number of nitro benzene ring substituents is 1. The van der Waals surface area contributed by atoms with Crippen molar-refractivity contribution in [3.05, 3.63) is 62.4 Å². The molecule has 0 fully saturated rings. The van der Waals surface area contributed by atoms with Gasteiger partial charge in [0, 0.05) is 16.1 Å². The van der Waals surface area contributed by atoms with Gasteiger partial charge in [-0.05, 0) is 36.6 Å². The third kappa shape index (κ3) is 3.63. The Labute approximate surface area is 138 Å². The second kappa shape index (κ2) is 6.89. The van der Waals surface area contributed by atoms with Gasteiger partial charge in [0.05, 0.1) is 15.5 Å². The van der Waals surface area contributed by atoms with Crippen LogP contribution in [-0.2, 0) is 0 Å². The molecule has 2 aromatic rings. The van der Waals surface area contributed by atoms with Gasteiger partial charge in [-0.25, -0.2) is 4.39 Å². The zero-order chi connectivity index (χ0) is 16.3. The fraction of sp³-hybridized carbons (Fsp3) is 0.0714. The maximum Gasteiger partial charge on any atom is 0.283 e. The fourth-order valence-electron chi connectivity index (χ4n) is 1.76. The number of halogens is 2. The Balaban J connectivity index is 2.30. The summed E-state index contributed by atoms with van der Waals surface area (Å²) >= 11 is 4.33. The standard InChI is InChI=1S/C14H10BrFN2O3S/c1-22-13-5-2-8(6-12(13)18(20)21)14(19)17-11-4-3-9(15)7-10(11)16/h2-7H,1H3,(H,17,19). The molecule has 114 valence electrons. The monoisotopic (exact) mass is 384 g/mol. The first-order valence-electron chi connectivity index (χ1n) is 6.01. The van der Waals surface area contributed by atoms with Crippen molar-refractivity contribution in [1.29, 1.82) is 0 Å². The number of carbonyl (C=O) groups excluding carboxylic acids is 1. The fourth-order valence-corrected chi connectivity index (χ4v) is 2.64. The quantitative estimate of drug-likeness (QED) is 0.479. The molecule has 0 aliphatic heterocycles. The van der Waals surface area contributed by atoms with E-state index in [1.165, 1.54) is 42.1 Å². The molecule has 1 N–H and O–H groups in total. The van der Waals surface area contributed by atoms with E-state index < -0.39 is 16.6 Å². The van der Waals surface area contributed by atoms with E-state index in [9.17, 15) is 19.3 Å². The number of benzene rings is 2. The number of hydrogen-bond acceptors (Lipinski definition) is 4. The van der Waals surface area contributed by atoms with Crippen LogP contribution in [0.2, 0.25) is 0 Å². The van der Waals surface area contributed by atoms with Crippen molar-refractivity contribution in [2.75, 3.05) is 11.6 Å². The van der Waals surface area contributed by atoms with Crippen molar-refractivity contribution in [1.82, 2.24) is 0 Å². The van der Waals surface area contributed by atoms with E-state index in [0.717, 1.165) is 0 Å². The molecular weight excluding hydrogens is 375 g/mol. The van der Waals surface area contributed by atoms with Crippen LogP contribution in [0.5, 0.6) is 0 Å². The number of nitrogens with one attached hydrogen (secondary N) is 1. The number of rotatable bonds is 4. The highest BCUT2D eigenvalue weighted by Crippen LogP contribution is 2.28. The highest BCUT2D eigenvalue weighted by atomic mass is 79.9. The van der Waals surface area contributed by atoms with Crippen LogP contribution in [0, 0.1) is 15.9 Å². The molecule has 0 spiro atoms. The minimum absolute atomic E-state index is 0.00444. The summed E-state index contributed by atoms with van der Waals surface area (Å²) < 4.78 is 14.2. The van der Waals surface area contributed by atoms with Crippen LogP contribution in [0.3, 0.4) is 0 Å². The molecular formula is C14H10BrFN2O3S. The molecule has 0 atom stereocenters. The number of carbonyl (C=O) groups is 1. The number of nitro groups is 1. The van der Waals surface area contributed by atoms with Crippen LogP contribution in [-0.4, -0.2) is 17.1 Å². The van der Waals surface area contributed by atoms with Crippen molar-refractivity contribution in [2.24, 2.45) is 0 Å². The molecule has 5 nitrogen and oxygen atoms in total. The smallest absolute Gasteiger partial charge is 0.283 e. The van der Waals surface area contributed by atoms with Crippen LogP contribution in [0.15, 0.2) is 45.8 Å². The van der Waals surface area contributed by atoms with Crippen molar-refractivity contribution in [3.8, 4) is 0 Å². The molecule has 0 aromatic heterocycles. The van der Waals surface area contributed by atoms with Gasteiger partial charge in [-0.3, -0.25) is 14.9 Å². The Kier molecular flexibility index (Phi) is 5.15. The lowest BCUT2D eigenvalue weighted by molar-refractivity contribution is -0.387. The van der Waals surface area contributed by atoms with Crippen LogP contribution in [0.4, 0.5) is 15.8 Å². The normalized spacial score (nSPS) is 10.3. The first kappa shape index (κ1) is 16.4. The number of hydrogen-bond donors (Lipinski definition) is 1. The lowest BCUT2D eigenvalue weighted by Gasteiger charge is -2.07. The Bertz CT molecular complexity index is 755. The van der Waals surface area contributed by atoms with Gasteiger partial charge in [-0.1, -0.05) is 15.9 Å². The average molecular weight is 385 g/mol. The second-order valence-corrected chi connectivity index (χ2v) is 5.99. The second-order valence-electron chi connectivity index (χ2n) is 4.22. The summed E-state index contributed by atoms with van der Waals surface area (Å²) in [6.07, 6.45) is 1.71. The first-order chi connectivity index (χ1) is 10.4. The van der Waals surface area contributed by atoms with Gasteiger partial charge in [0.15, 0.2) is 0 Å². The number of nitrogens with zero attached hydrogens (tertiary/aromatic N) is 1. The van der Waals surface area contributed by atoms with Crippen molar-refractivity contribution < 1.29 is 14.1 Å². The van der Waals surface area contributed by atoms with Crippen LogP contribution < -0.4 is 5.32 Å². The van der Waals surface area contributed by atoms with Gasteiger partial charge in [0.25, 0.3) is 11.6 Å².